The quantitative estimate of drug-likeness (QED) is 0.589. The topological polar surface area (TPSA) is 63.6 Å². The minimum Gasteiger partial charge on any atom is -0.478 e. The number of ether oxygens (including phenoxy) is 1. The van der Waals surface area contributed by atoms with Crippen LogP contribution in [0.15, 0.2) is 24.3 Å². The van der Waals surface area contributed by atoms with Crippen LogP contribution in [0.5, 0.6) is 0 Å². The van der Waals surface area contributed by atoms with Crippen LogP contribution in [0.2, 0.25) is 0 Å². The molecule has 1 N–H and O–H groups in total. The Bertz CT molecular complexity index is 345. The monoisotopic (exact) mass is 201 g/mol. The second-order valence-electron chi connectivity index (χ2n) is 2.60. The average molecular weight is 201 g/mol. The number of hydrogen-bond donors (Lipinski definition) is 1. The number of rotatable bonds is 3. The molecule has 0 aliphatic carbocycles. The van der Waals surface area contributed by atoms with Crippen LogP contribution in [0.4, 0.5) is 0 Å². The molecule has 1 aromatic carbocycles. The third kappa shape index (κ3) is 3.78. The molecule has 0 bridgehead atoms. The van der Waals surface area contributed by atoms with Crippen LogP contribution in [0.1, 0.15) is 27.6 Å². The fourth-order valence-electron chi connectivity index (χ4n) is 0.963. The first-order chi connectivity index (χ1) is 6.65. The van der Waals surface area contributed by atoms with Gasteiger partial charge in [-0.05, 0) is 31.2 Å². The molecule has 0 saturated carbocycles. The van der Waals surface area contributed by atoms with Crippen molar-refractivity contribution in [1.82, 2.24) is 0 Å². The molecule has 0 atom stereocenters. The van der Waals surface area contributed by atoms with E-state index < -0.39 is 11.9 Å². The first kappa shape index (κ1) is 13.8. The SMILES string of the molecule is CCOC(=O)c1ccc(C(=O)O)cc1.[Li]. The number of carboxylic acids is 1. The van der Waals surface area contributed by atoms with Gasteiger partial charge in [-0.25, -0.2) is 9.59 Å². The fraction of sp³-hybridized carbons (Fsp3) is 0.200. The standard InChI is InChI=1S/C10H10O4.Li/c1-2-14-10(13)8-5-3-7(4-6-8)9(11)12;/h3-6H,2H2,1H3,(H,11,12);. The summed E-state index contributed by atoms with van der Waals surface area (Å²) in [5.41, 5.74) is 0.509. The predicted molar refractivity (Wildman–Crippen MR) is 55.1 cm³/mol. The zero-order chi connectivity index (χ0) is 10.6. The smallest absolute Gasteiger partial charge is 0.338 e. The average Bonchev–Trinajstić information content (AvgIpc) is 2.18. The van der Waals surface area contributed by atoms with Crippen LogP contribution in [0.25, 0.3) is 0 Å². The fourth-order valence-corrected chi connectivity index (χ4v) is 0.963. The van der Waals surface area contributed by atoms with Gasteiger partial charge in [-0.3, -0.25) is 0 Å². The minimum atomic E-state index is -1.01. The zero-order valence-corrected chi connectivity index (χ0v) is 8.69. The van der Waals surface area contributed by atoms with E-state index in [2.05, 4.69) is 0 Å². The van der Waals surface area contributed by atoms with Gasteiger partial charge in [0.1, 0.15) is 0 Å². The summed E-state index contributed by atoms with van der Waals surface area (Å²) in [6, 6.07) is 5.60. The Morgan fingerprint density at radius 3 is 2.07 bits per heavy atom. The number of carboxylic acid groups (broad SMARTS) is 1. The molecule has 75 valence electrons. The van der Waals surface area contributed by atoms with Gasteiger partial charge in [0.2, 0.25) is 0 Å². The second kappa shape index (κ2) is 6.28. The van der Waals surface area contributed by atoms with E-state index in [-0.39, 0.29) is 24.4 Å². The number of carbonyl (C=O) groups is 2. The van der Waals surface area contributed by atoms with Crippen molar-refractivity contribution < 1.29 is 19.4 Å². The summed E-state index contributed by atoms with van der Waals surface area (Å²) in [5.74, 6) is -1.45. The van der Waals surface area contributed by atoms with Crippen LogP contribution in [-0.2, 0) is 4.74 Å². The maximum Gasteiger partial charge on any atom is 0.338 e. The number of aromatic carboxylic acids is 1. The van der Waals surface area contributed by atoms with Gasteiger partial charge in [-0.2, -0.15) is 0 Å². The Hall–Kier alpha value is -1.24. The van der Waals surface area contributed by atoms with Gasteiger partial charge >= 0.3 is 11.9 Å². The minimum absolute atomic E-state index is 0. The summed E-state index contributed by atoms with van der Waals surface area (Å²) in [7, 11) is 0. The van der Waals surface area contributed by atoms with Crippen molar-refractivity contribution in [3.63, 3.8) is 0 Å². The summed E-state index contributed by atoms with van der Waals surface area (Å²) in [5, 5.41) is 8.60. The van der Waals surface area contributed by atoms with Crippen molar-refractivity contribution in [2.45, 2.75) is 6.92 Å². The van der Waals surface area contributed by atoms with E-state index in [0.29, 0.717) is 12.2 Å². The molecule has 0 heterocycles. The van der Waals surface area contributed by atoms with Crippen molar-refractivity contribution in [2.24, 2.45) is 0 Å². The molecule has 0 aromatic heterocycles. The number of esters is 1. The summed E-state index contributed by atoms with van der Waals surface area (Å²) >= 11 is 0. The second-order valence-corrected chi connectivity index (χ2v) is 2.60. The van der Waals surface area contributed by atoms with Gasteiger partial charge in [0.15, 0.2) is 0 Å². The third-order valence-electron chi connectivity index (χ3n) is 1.64. The molecule has 5 heteroatoms. The van der Waals surface area contributed by atoms with E-state index in [4.69, 9.17) is 9.84 Å². The molecule has 0 amide bonds. The van der Waals surface area contributed by atoms with Crippen molar-refractivity contribution >= 4 is 30.8 Å². The summed E-state index contributed by atoms with van der Waals surface area (Å²) in [4.78, 5) is 21.6. The van der Waals surface area contributed by atoms with Gasteiger partial charge in [-0.1, -0.05) is 0 Å². The van der Waals surface area contributed by atoms with E-state index in [1.807, 2.05) is 0 Å². The molecule has 0 aliphatic rings. The predicted octanol–water partition coefficient (Wildman–Crippen LogP) is 1.18. The van der Waals surface area contributed by atoms with Crippen molar-refractivity contribution in [3.8, 4) is 0 Å². The summed E-state index contributed by atoms with van der Waals surface area (Å²) in [6.07, 6.45) is 0. The molecule has 15 heavy (non-hydrogen) atoms. The van der Waals surface area contributed by atoms with Gasteiger partial charge in [0, 0.05) is 18.9 Å². The van der Waals surface area contributed by atoms with E-state index in [1.54, 1.807) is 6.92 Å². The van der Waals surface area contributed by atoms with Crippen LogP contribution < -0.4 is 0 Å². The van der Waals surface area contributed by atoms with Crippen LogP contribution in [-0.4, -0.2) is 42.5 Å². The van der Waals surface area contributed by atoms with Crippen molar-refractivity contribution in [3.05, 3.63) is 35.4 Å². The van der Waals surface area contributed by atoms with Gasteiger partial charge < -0.3 is 9.84 Å². The van der Waals surface area contributed by atoms with Crippen LogP contribution in [0.3, 0.4) is 0 Å². The van der Waals surface area contributed by atoms with E-state index >= 15 is 0 Å². The normalized spacial score (nSPS) is 8.87. The van der Waals surface area contributed by atoms with E-state index in [1.165, 1.54) is 24.3 Å². The molecular weight excluding hydrogens is 191 g/mol. The maximum absolute atomic E-state index is 11.2. The summed E-state index contributed by atoms with van der Waals surface area (Å²) in [6.45, 7) is 2.02. The zero-order valence-electron chi connectivity index (χ0n) is 8.69. The molecule has 1 radical (unpaired) electrons. The molecule has 0 unspecified atom stereocenters. The number of hydrogen-bond acceptors (Lipinski definition) is 3. The first-order valence-electron chi connectivity index (χ1n) is 4.15. The van der Waals surface area contributed by atoms with Gasteiger partial charge in [0.25, 0.3) is 0 Å². The number of benzene rings is 1. The third-order valence-corrected chi connectivity index (χ3v) is 1.64. The van der Waals surface area contributed by atoms with E-state index in [0.717, 1.165) is 0 Å². The molecule has 0 fully saturated rings. The van der Waals surface area contributed by atoms with Crippen LogP contribution in [0, 0.1) is 0 Å². The van der Waals surface area contributed by atoms with Crippen LogP contribution >= 0.6 is 0 Å². The molecule has 1 rings (SSSR count). The Morgan fingerprint density at radius 1 is 1.20 bits per heavy atom. The Labute approximate surface area is 99.4 Å². The molecule has 0 saturated heterocycles. The molecule has 1 aromatic rings. The van der Waals surface area contributed by atoms with E-state index in [9.17, 15) is 9.59 Å². The Morgan fingerprint density at radius 2 is 1.67 bits per heavy atom. The maximum atomic E-state index is 11.2. The summed E-state index contributed by atoms with van der Waals surface area (Å²) < 4.78 is 4.74. The Kier molecular flexibility index (Phi) is 5.76. The molecular formula is C10H10LiO4. The molecule has 4 nitrogen and oxygen atoms in total. The Balaban J connectivity index is 0.00000196. The van der Waals surface area contributed by atoms with Crippen molar-refractivity contribution in [2.75, 3.05) is 6.61 Å². The van der Waals surface area contributed by atoms with Crippen molar-refractivity contribution in [1.29, 1.82) is 0 Å². The number of carbonyl (C=O) groups excluding carboxylic acids is 1. The van der Waals surface area contributed by atoms with Gasteiger partial charge in [-0.15, -0.1) is 0 Å². The molecule has 0 spiro atoms. The largest absolute Gasteiger partial charge is 0.478 e. The first-order valence-corrected chi connectivity index (χ1v) is 4.15. The molecule has 0 aliphatic heterocycles. The van der Waals surface area contributed by atoms with Gasteiger partial charge in [0.05, 0.1) is 17.7 Å².